The van der Waals surface area contributed by atoms with E-state index in [2.05, 4.69) is 54.2 Å². The number of amides is 5. The Bertz CT molecular complexity index is 2210. The highest BCUT2D eigenvalue weighted by Crippen LogP contribution is 2.55. The van der Waals surface area contributed by atoms with Gasteiger partial charge in [0.1, 0.15) is 24.0 Å². The number of ether oxygens (including phenoxy) is 2. The molecule has 0 aromatic heterocycles. The number of imide groups is 2. The molecule has 4 heterocycles. The molecule has 1 unspecified atom stereocenters. The number of nitrogens with one attached hydrogen (secondary N) is 2. The molecular weight excluding hydrogens is 760 g/mol. The Morgan fingerprint density at radius 1 is 0.931 bits per heavy atom. The van der Waals surface area contributed by atoms with Gasteiger partial charge in [-0.2, -0.15) is 5.26 Å². The number of fused-ring (bicyclic) bond motifs is 2. The van der Waals surface area contributed by atoms with Crippen molar-refractivity contribution in [2.45, 2.75) is 90.3 Å². The fourth-order valence-electron chi connectivity index (χ4n) is 10.2. The second-order valence-electron chi connectivity index (χ2n) is 17.5. The first-order chi connectivity index (χ1) is 27.5. The van der Waals surface area contributed by atoms with E-state index in [9.17, 15) is 29.2 Å². The van der Waals surface area contributed by atoms with Gasteiger partial charge in [-0.05, 0) is 78.9 Å². The number of benzene rings is 3. The Balaban J connectivity index is 0.852. The molecule has 5 amide bonds. The molecule has 8 rings (SSSR count). The second kappa shape index (κ2) is 14.5. The smallest absolute Gasteiger partial charge is 0.262 e. The molecule has 0 bridgehead atoms. The Morgan fingerprint density at radius 3 is 2.10 bits per heavy atom. The molecule has 0 radical (unpaired) electrons. The number of halogens is 1. The SMILES string of the molecule is COC1(CN2Cc3cc4c(cc3C2)C(=O)N(C2CCC(=O)NC2=O)C4=O)CCN(c2ccc(C(=O)N[C@H]3C(C)(C)[C@H](Oc4ccc(C#N)c(Cl)c4)C3(C)C)cc2)CC1. The molecule has 1 atom stereocenters. The average molecular weight is 807 g/mol. The van der Waals surface area contributed by atoms with Crippen molar-refractivity contribution in [2.24, 2.45) is 10.8 Å². The first-order valence-electron chi connectivity index (χ1n) is 19.7. The minimum atomic E-state index is -0.988. The standard InChI is InChI=1S/C44H47ClN6O7/c1-42(2)40(43(3,4)41(42)58-30-11-8-26(21-46)33(45)20-30)48-36(53)25-6-9-29(10-7-25)50-16-14-44(57-5,15-17-50)24-49-22-27-18-31-32(19-28(27)23-49)39(56)51(38(31)55)34-12-13-35(52)47-37(34)54/h6-11,18-20,34,40-41H,12-17,22-24H2,1-5H3,(H,48,53)(H,47,52,54)/t34?,40-,41-. The normalized spacial score (nSPS) is 24.4. The molecule has 2 saturated heterocycles. The zero-order valence-corrected chi connectivity index (χ0v) is 34.1. The number of hydrogen-bond acceptors (Lipinski definition) is 10. The number of rotatable bonds is 9. The van der Waals surface area contributed by atoms with E-state index in [1.54, 1.807) is 37.4 Å². The second-order valence-corrected chi connectivity index (χ2v) is 17.9. The summed E-state index contributed by atoms with van der Waals surface area (Å²) in [5, 5.41) is 15.1. The maximum atomic E-state index is 13.6. The van der Waals surface area contributed by atoms with E-state index in [4.69, 9.17) is 21.1 Å². The van der Waals surface area contributed by atoms with Crippen LogP contribution in [0.1, 0.15) is 101 Å². The van der Waals surface area contributed by atoms with Crippen molar-refractivity contribution in [1.29, 1.82) is 5.26 Å². The van der Waals surface area contributed by atoms with Crippen LogP contribution >= 0.6 is 11.6 Å². The Kier molecular flexibility index (Phi) is 9.89. The van der Waals surface area contributed by atoms with Gasteiger partial charge in [0.05, 0.1) is 27.3 Å². The molecule has 1 saturated carbocycles. The number of nitrogens with zero attached hydrogens (tertiary/aromatic N) is 4. The van der Waals surface area contributed by atoms with Gasteiger partial charge in [-0.25, -0.2) is 0 Å². The highest BCUT2D eigenvalue weighted by molar-refractivity contribution is 6.31. The molecule has 3 fully saturated rings. The number of carbonyl (C=O) groups excluding carboxylic acids is 5. The van der Waals surface area contributed by atoms with Gasteiger partial charge in [0.15, 0.2) is 0 Å². The molecule has 14 heteroatoms. The predicted molar refractivity (Wildman–Crippen MR) is 214 cm³/mol. The zero-order valence-electron chi connectivity index (χ0n) is 33.3. The van der Waals surface area contributed by atoms with Crippen LogP contribution in [0.5, 0.6) is 5.75 Å². The molecule has 0 spiro atoms. The monoisotopic (exact) mass is 806 g/mol. The molecule has 3 aromatic rings. The summed E-state index contributed by atoms with van der Waals surface area (Å²) in [6, 6.07) is 17.3. The average Bonchev–Trinajstić information content (AvgIpc) is 3.70. The maximum absolute atomic E-state index is 13.6. The van der Waals surface area contributed by atoms with Crippen LogP contribution in [0.2, 0.25) is 5.02 Å². The lowest BCUT2D eigenvalue weighted by Crippen LogP contribution is -2.74. The quantitative estimate of drug-likeness (QED) is 0.274. The van der Waals surface area contributed by atoms with Crippen molar-refractivity contribution in [1.82, 2.24) is 20.4 Å². The van der Waals surface area contributed by atoms with Gasteiger partial charge >= 0.3 is 0 Å². The molecular formula is C44H47ClN6O7. The summed E-state index contributed by atoms with van der Waals surface area (Å²) in [4.78, 5) is 70.1. The van der Waals surface area contributed by atoms with Crippen molar-refractivity contribution in [3.63, 3.8) is 0 Å². The third-order valence-electron chi connectivity index (χ3n) is 13.1. The third-order valence-corrected chi connectivity index (χ3v) is 13.4. The number of methoxy groups -OCH3 is 1. The fourth-order valence-corrected chi connectivity index (χ4v) is 10.4. The topological polar surface area (TPSA) is 161 Å². The van der Waals surface area contributed by atoms with Crippen LogP contribution in [0.15, 0.2) is 54.6 Å². The molecule has 302 valence electrons. The number of nitriles is 1. The third kappa shape index (κ3) is 6.70. The van der Waals surface area contributed by atoms with E-state index >= 15 is 0 Å². The van der Waals surface area contributed by atoms with E-state index in [0.29, 0.717) is 52.7 Å². The van der Waals surface area contributed by atoms with Crippen LogP contribution in [0.25, 0.3) is 0 Å². The summed E-state index contributed by atoms with van der Waals surface area (Å²) in [6.45, 7) is 11.8. The number of piperidine rings is 2. The lowest BCUT2D eigenvalue weighted by molar-refractivity contribution is -0.164. The van der Waals surface area contributed by atoms with Gasteiger partial charge in [-0.3, -0.25) is 39.1 Å². The Morgan fingerprint density at radius 2 is 1.55 bits per heavy atom. The van der Waals surface area contributed by atoms with Crippen molar-refractivity contribution in [3.8, 4) is 11.8 Å². The van der Waals surface area contributed by atoms with Crippen molar-refractivity contribution < 1.29 is 33.4 Å². The van der Waals surface area contributed by atoms with Gasteiger partial charge in [0, 0.05) is 80.4 Å². The van der Waals surface area contributed by atoms with Gasteiger partial charge in [-0.15, -0.1) is 0 Å². The van der Waals surface area contributed by atoms with Crippen molar-refractivity contribution in [3.05, 3.63) is 93.0 Å². The van der Waals surface area contributed by atoms with E-state index in [-0.39, 0.29) is 47.3 Å². The molecule has 13 nitrogen and oxygen atoms in total. The van der Waals surface area contributed by atoms with Gasteiger partial charge < -0.3 is 19.7 Å². The van der Waals surface area contributed by atoms with E-state index in [1.165, 1.54) is 0 Å². The van der Waals surface area contributed by atoms with Crippen molar-refractivity contribution >= 4 is 46.8 Å². The summed E-state index contributed by atoms with van der Waals surface area (Å²) >= 11 is 6.25. The van der Waals surface area contributed by atoms with Crippen LogP contribution in [0.4, 0.5) is 5.69 Å². The molecule has 4 aliphatic heterocycles. The highest BCUT2D eigenvalue weighted by Gasteiger charge is 2.64. The minimum Gasteiger partial charge on any atom is -0.489 e. The molecule has 5 aliphatic rings. The number of hydrogen-bond donors (Lipinski definition) is 2. The summed E-state index contributed by atoms with van der Waals surface area (Å²) in [6.07, 6.45) is 1.58. The minimum absolute atomic E-state index is 0.0799. The largest absolute Gasteiger partial charge is 0.489 e. The lowest BCUT2D eigenvalue weighted by atomic mass is 9.49. The highest BCUT2D eigenvalue weighted by atomic mass is 35.5. The van der Waals surface area contributed by atoms with Gasteiger partial charge in [0.2, 0.25) is 11.8 Å². The molecule has 2 N–H and O–H groups in total. The van der Waals surface area contributed by atoms with Gasteiger partial charge in [-0.1, -0.05) is 39.3 Å². The van der Waals surface area contributed by atoms with E-state index in [0.717, 1.165) is 47.6 Å². The Labute approximate surface area is 342 Å². The number of anilines is 1. The summed E-state index contributed by atoms with van der Waals surface area (Å²) in [7, 11) is 1.75. The van der Waals surface area contributed by atoms with Crippen LogP contribution in [0.3, 0.4) is 0 Å². The zero-order chi connectivity index (χ0) is 41.3. The number of carbonyl (C=O) groups is 5. The van der Waals surface area contributed by atoms with Crippen LogP contribution in [-0.4, -0.2) is 89.9 Å². The maximum Gasteiger partial charge on any atom is 0.262 e. The molecule has 3 aromatic carbocycles. The fraction of sp³-hybridized carbons (Fsp3) is 0.455. The molecule has 1 aliphatic carbocycles. The first kappa shape index (κ1) is 39.5. The van der Waals surface area contributed by atoms with E-state index < -0.39 is 29.7 Å². The lowest BCUT2D eigenvalue weighted by Gasteiger charge is -2.63. The van der Waals surface area contributed by atoms with Crippen LogP contribution in [-0.2, 0) is 27.4 Å². The van der Waals surface area contributed by atoms with Crippen LogP contribution < -0.4 is 20.3 Å². The predicted octanol–water partition coefficient (Wildman–Crippen LogP) is 5.23. The molecule has 58 heavy (non-hydrogen) atoms. The van der Waals surface area contributed by atoms with Crippen LogP contribution in [0, 0.1) is 22.2 Å². The first-order valence-corrected chi connectivity index (χ1v) is 20.1. The Hall–Kier alpha value is -5.29. The summed E-state index contributed by atoms with van der Waals surface area (Å²) in [5.41, 5.74) is 3.41. The van der Waals surface area contributed by atoms with E-state index in [1.807, 2.05) is 24.3 Å². The van der Waals surface area contributed by atoms with Gasteiger partial charge in [0.25, 0.3) is 17.7 Å². The summed E-state index contributed by atoms with van der Waals surface area (Å²) in [5.74, 6) is -1.58. The van der Waals surface area contributed by atoms with Crippen molar-refractivity contribution in [2.75, 3.05) is 31.6 Å². The summed E-state index contributed by atoms with van der Waals surface area (Å²) < 4.78 is 12.6.